The van der Waals surface area contributed by atoms with Crippen molar-refractivity contribution in [2.24, 2.45) is 11.7 Å². The van der Waals surface area contributed by atoms with Crippen LogP contribution in [0.4, 0.5) is 4.79 Å². The van der Waals surface area contributed by atoms with Gasteiger partial charge >= 0.3 is 6.09 Å². The van der Waals surface area contributed by atoms with Crippen LogP contribution in [-0.2, 0) is 27.4 Å². The first kappa shape index (κ1) is 23.2. The molecule has 32 heavy (non-hydrogen) atoms. The number of nitrogens with two attached hydrogens (primary N) is 1. The molecule has 3 aromatic rings. The van der Waals surface area contributed by atoms with Gasteiger partial charge < -0.3 is 15.8 Å². The van der Waals surface area contributed by atoms with Gasteiger partial charge in [-0.1, -0.05) is 86.6 Å². The Labute approximate surface area is 187 Å². The lowest BCUT2D eigenvalue weighted by Crippen LogP contribution is -2.51. The lowest BCUT2D eigenvalue weighted by atomic mass is 9.92. The molecule has 0 aliphatic carbocycles. The fourth-order valence-electron chi connectivity index (χ4n) is 3.36. The summed E-state index contributed by atoms with van der Waals surface area (Å²) in [7, 11) is 0. The Hall–Kier alpha value is -3.51. The predicted octanol–water partition coefficient (Wildman–Crippen LogP) is 3.80. The standard InChI is InChI=1S/C26H28N2O4/c1-17(2)23(27)25(30)24(29)22(28-26(31)32-16-18-8-4-3-5-9-18)15-19-12-13-20-10-6-7-11-21(20)14-19/h3-14,17,22-23H,15-16,27H2,1-2H3,(H,28,31)/t22?,23-/m0/s1. The molecule has 0 heterocycles. The second-order valence-electron chi connectivity index (χ2n) is 8.14. The van der Waals surface area contributed by atoms with E-state index >= 15 is 0 Å². The number of hydrogen-bond acceptors (Lipinski definition) is 5. The predicted molar refractivity (Wildman–Crippen MR) is 124 cm³/mol. The van der Waals surface area contributed by atoms with Gasteiger partial charge in [0.1, 0.15) is 12.6 Å². The normalized spacial score (nSPS) is 12.9. The summed E-state index contributed by atoms with van der Waals surface area (Å²) in [5.74, 6) is -1.62. The molecule has 0 spiro atoms. The van der Waals surface area contributed by atoms with Gasteiger partial charge in [0.2, 0.25) is 11.6 Å². The number of carbonyl (C=O) groups is 3. The number of Topliss-reactive ketones (excluding diaryl/α,β-unsaturated/α-hetero) is 2. The van der Waals surface area contributed by atoms with Crippen LogP contribution in [0.15, 0.2) is 72.8 Å². The van der Waals surface area contributed by atoms with Crippen LogP contribution < -0.4 is 11.1 Å². The quantitative estimate of drug-likeness (QED) is 0.501. The third-order valence-corrected chi connectivity index (χ3v) is 5.34. The average Bonchev–Trinajstić information content (AvgIpc) is 2.81. The molecule has 0 radical (unpaired) electrons. The number of nitrogens with one attached hydrogen (secondary N) is 1. The van der Waals surface area contributed by atoms with Gasteiger partial charge in [-0.2, -0.15) is 0 Å². The SMILES string of the molecule is CC(C)[C@H](N)C(=O)C(=O)C(Cc1ccc2ccccc2c1)NC(=O)OCc1ccccc1. The highest BCUT2D eigenvalue weighted by Gasteiger charge is 2.32. The van der Waals surface area contributed by atoms with Crippen molar-refractivity contribution < 1.29 is 19.1 Å². The van der Waals surface area contributed by atoms with E-state index in [1.165, 1.54) is 0 Å². The number of ketones is 2. The van der Waals surface area contributed by atoms with Gasteiger partial charge in [-0.15, -0.1) is 0 Å². The summed E-state index contributed by atoms with van der Waals surface area (Å²) in [6, 6.07) is 20.8. The van der Waals surface area contributed by atoms with Crippen molar-refractivity contribution in [1.29, 1.82) is 0 Å². The van der Waals surface area contributed by atoms with Crippen molar-refractivity contribution in [1.82, 2.24) is 5.32 Å². The molecule has 3 aromatic carbocycles. The molecule has 1 amide bonds. The van der Waals surface area contributed by atoms with Crippen LogP contribution >= 0.6 is 0 Å². The van der Waals surface area contributed by atoms with Gasteiger partial charge in [0.25, 0.3) is 0 Å². The topological polar surface area (TPSA) is 98.5 Å². The van der Waals surface area contributed by atoms with E-state index in [9.17, 15) is 14.4 Å². The number of alkyl carbamates (subject to hydrolysis) is 1. The maximum atomic E-state index is 13.0. The Morgan fingerprint density at radius 3 is 2.19 bits per heavy atom. The largest absolute Gasteiger partial charge is 0.445 e. The molecule has 2 atom stereocenters. The molecular weight excluding hydrogens is 404 g/mol. The Balaban J connectivity index is 1.77. The minimum absolute atomic E-state index is 0.0585. The summed E-state index contributed by atoms with van der Waals surface area (Å²) in [6.07, 6.45) is -0.611. The van der Waals surface area contributed by atoms with Gasteiger partial charge in [0.15, 0.2) is 0 Å². The van der Waals surface area contributed by atoms with Crippen LogP contribution in [0.2, 0.25) is 0 Å². The molecule has 0 aliphatic rings. The average molecular weight is 433 g/mol. The minimum atomic E-state index is -1.07. The monoisotopic (exact) mass is 432 g/mol. The molecule has 0 aliphatic heterocycles. The van der Waals surface area contributed by atoms with Crippen molar-refractivity contribution in [3.8, 4) is 0 Å². The number of carbonyl (C=O) groups excluding carboxylic acids is 3. The smallest absolute Gasteiger partial charge is 0.408 e. The van der Waals surface area contributed by atoms with Gasteiger partial charge in [0, 0.05) is 6.42 Å². The molecule has 0 fully saturated rings. The molecule has 0 aromatic heterocycles. The van der Waals surface area contributed by atoms with Crippen molar-refractivity contribution in [3.05, 3.63) is 83.9 Å². The summed E-state index contributed by atoms with van der Waals surface area (Å²) in [4.78, 5) is 38.0. The Morgan fingerprint density at radius 1 is 0.844 bits per heavy atom. The number of fused-ring (bicyclic) bond motifs is 1. The number of benzene rings is 3. The van der Waals surface area contributed by atoms with Crippen molar-refractivity contribution in [2.75, 3.05) is 0 Å². The Kier molecular flexibility index (Phi) is 7.73. The number of hydrogen-bond donors (Lipinski definition) is 2. The summed E-state index contributed by atoms with van der Waals surface area (Å²) in [5.41, 5.74) is 7.55. The van der Waals surface area contributed by atoms with E-state index < -0.39 is 29.7 Å². The molecule has 0 bridgehead atoms. The lowest BCUT2D eigenvalue weighted by molar-refractivity contribution is -0.139. The van der Waals surface area contributed by atoms with Gasteiger partial charge in [-0.25, -0.2) is 4.79 Å². The lowest BCUT2D eigenvalue weighted by Gasteiger charge is -2.20. The first-order chi connectivity index (χ1) is 15.3. The number of ether oxygens (including phenoxy) is 1. The summed E-state index contributed by atoms with van der Waals surface area (Å²) >= 11 is 0. The molecule has 166 valence electrons. The zero-order chi connectivity index (χ0) is 23.1. The van der Waals surface area contributed by atoms with Crippen molar-refractivity contribution in [3.63, 3.8) is 0 Å². The first-order valence-electron chi connectivity index (χ1n) is 10.6. The fraction of sp³-hybridized carbons (Fsp3) is 0.269. The minimum Gasteiger partial charge on any atom is -0.445 e. The van der Waals surface area contributed by atoms with E-state index in [1.54, 1.807) is 13.8 Å². The number of amides is 1. The fourth-order valence-corrected chi connectivity index (χ4v) is 3.36. The third-order valence-electron chi connectivity index (χ3n) is 5.34. The molecular formula is C26H28N2O4. The summed E-state index contributed by atoms with van der Waals surface area (Å²) in [5, 5.41) is 4.64. The molecule has 3 N–H and O–H groups in total. The second kappa shape index (κ2) is 10.7. The number of rotatable bonds is 9. The van der Waals surface area contributed by atoms with E-state index in [0.717, 1.165) is 21.9 Å². The molecule has 3 rings (SSSR count). The van der Waals surface area contributed by atoms with Crippen molar-refractivity contribution in [2.45, 2.75) is 39.0 Å². The summed E-state index contributed by atoms with van der Waals surface area (Å²) < 4.78 is 5.26. The van der Waals surface area contributed by atoms with Crippen molar-refractivity contribution >= 4 is 28.4 Å². The Bertz CT molecular complexity index is 1100. The second-order valence-corrected chi connectivity index (χ2v) is 8.14. The van der Waals surface area contributed by atoms with E-state index in [0.29, 0.717) is 0 Å². The van der Waals surface area contributed by atoms with Crippen LogP contribution in [0, 0.1) is 5.92 Å². The van der Waals surface area contributed by atoms with Gasteiger partial charge in [0.05, 0.1) is 6.04 Å². The zero-order valence-electron chi connectivity index (χ0n) is 18.3. The maximum absolute atomic E-state index is 13.0. The molecule has 0 saturated carbocycles. The van der Waals surface area contributed by atoms with Crippen LogP contribution in [-0.4, -0.2) is 29.7 Å². The van der Waals surface area contributed by atoms with Crippen LogP contribution in [0.1, 0.15) is 25.0 Å². The van der Waals surface area contributed by atoms with E-state index in [1.807, 2.05) is 72.8 Å². The molecule has 6 nitrogen and oxygen atoms in total. The van der Waals surface area contributed by atoms with Gasteiger partial charge in [-0.3, -0.25) is 9.59 Å². The van der Waals surface area contributed by atoms with Gasteiger partial charge in [-0.05, 0) is 27.8 Å². The highest BCUT2D eigenvalue weighted by molar-refractivity contribution is 6.41. The first-order valence-corrected chi connectivity index (χ1v) is 10.6. The van der Waals surface area contributed by atoms with E-state index in [4.69, 9.17) is 10.5 Å². The van der Waals surface area contributed by atoms with E-state index in [2.05, 4.69) is 5.32 Å². The molecule has 1 unspecified atom stereocenters. The highest BCUT2D eigenvalue weighted by atomic mass is 16.5. The van der Waals surface area contributed by atoms with E-state index in [-0.39, 0.29) is 18.9 Å². The van der Waals surface area contributed by atoms with Crippen LogP contribution in [0.5, 0.6) is 0 Å². The molecule has 6 heteroatoms. The highest BCUT2D eigenvalue weighted by Crippen LogP contribution is 2.17. The maximum Gasteiger partial charge on any atom is 0.408 e. The molecule has 0 saturated heterocycles. The Morgan fingerprint density at radius 2 is 1.50 bits per heavy atom. The van der Waals surface area contributed by atoms with Crippen LogP contribution in [0.25, 0.3) is 10.8 Å². The van der Waals surface area contributed by atoms with Crippen LogP contribution in [0.3, 0.4) is 0 Å². The summed E-state index contributed by atoms with van der Waals surface area (Å²) in [6.45, 7) is 3.61. The zero-order valence-corrected chi connectivity index (χ0v) is 18.3. The third kappa shape index (κ3) is 6.02.